The van der Waals surface area contributed by atoms with Gasteiger partial charge < -0.3 is 9.80 Å². The first-order chi connectivity index (χ1) is 12.4. The molecule has 2 N–H and O–H groups in total. The minimum Gasteiger partial charge on any atom is -0.327 e. The summed E-state index contributed by atoms with van der Waals surface area (Å²) in [6.45, 7) is 2.24. The van der Waals surface area contributed by atoms with Gasteiger partial charge in [0.25, 0.3) is 5.91 Å². The molecule has 1 atom stereocenters. The number of benzene rings is 2. The predicted octanol–water partition coefficient (Wildman–Crippen LogP) is 3.63. The Labute approximate surface area is 156 Å². The first kappa shape index (κ1) is 18.1. The molecule has 26 heavy (non-hydrogen) atoms. The fourth-order valence-corrected chi connectivity index (χ4v) is 3.19. The summed E-state index contributed by atoms with van der Waals surface area (Å²) in [4.78, 5) is 15.9. The number of nitrogens with zero attached hydrogens (tertiary/aromatic N) is 2. The normalized spacial score (nSPS) is 17.3. The standard InChI is InChI=1S/C19H18ClFN4O/c1-12-10-25(18(23)13-5-3-2-4-6-13)17(22)11-24(12)19(26)15-8-7-14(21)9-16(15)20/h2-9,12,22-23H,10-11H2,1H3. The number of rotatable bonds is 2. The zero-order valence-electron chi connectivity index (χ0n) is 14.2. The van der Waals surface area contributed by atoms with Gasteiger partial charge in [-0.3, -0.25) is 15.6 Å². The Morgan fingerprint density at radius 3 is 2.58 bits per heavy atom. The molecule has 5 nitrogen and oxygen atoms in total. The van der Waals surface area contributed by atoms with Crippen LogP contribution in [0.3, 0.4) is 0 Å². The van der Waals surface area contributed by atoms with Crippen LogP contribution in [-0.4, -0.2) is 46.5 Å². The molecule has 1 heterocycles. The van der Waals surface area contributed by atoms with Gasteiger partial charge in [0.15, 0.2) is 0 Å². The van der Waals surface area contributed by atoms with Gasteiger partial charge in [-0.25, -0.2) is 4.39 Å². The lowest BCUT2D eigenvalue weighted by Gasteiger charge is -2.41. The highest BCUT2D eigenvalue weighted by atomic mass is 35.5. The van der Waals surface area contributed by atoms with Crippen molar-refractivity contribution in [3.63, 3.8) is 0 Å². The molecule has 1 saturated heterocycles. The van der Waals surface area contributed by atoms with Crippen LogP contribution >= 0.6 is 11.6 Å². The first-order valence-electron chi connectivity index (χ1n) is 8.13. The van der Waals surface area contributed by atoms with Gasteiger partial charge in [0, 0.05) is 18.2 Å². The summed E-state index contributed by atoms with van der Waals surface area (Å²) in [7, 11) is 0. The van der Waals surface area contributed by atoms with E-state index < -0.39 is 5.82 Å². The van der Waals surface area contributed by atoms with Crippen LogP contribution in [0.1, 0.15) is 22.8 Å². The van der Waals surface area contributed by atoms with E-state index in [-0.39, 0.29) is 40.8 Å². The number of carbonyl (C=O) groups is 1. The van der Waals surface area contributed by atoms with Crippen molar-refractivity contribution in [1.29, 1.82) is 10.8 Å². The van der Waals surface area contributed by atoms with E-state index in [0.29, 0.717) is 12.1 Å². The van der Waals surface area contributed by atoms with Crippen molar-refractivity contribution in [1.82, 2.24) is 9.80 Å². The Morgan fingerprint density at radius 1 is 1.23 bits per heavy atom. The Bertz CT molecular complexity index is 871. The highest BCUT2D eigenvalue weighted by Crippen LogP contribution is 2.22. The molecular weight excluding hydrogens is 355 g/mol. The second-order valence-corrected chi connectivity index (χ2v) is 6.59. The number of hydrogen-bond donors (Lipinski definition) is 2. The number of halogens is 2. The fraction of sp³-hybridized carbons (Fsp3) is 0.211. The molecule has 7 heteroatoms. The van der Waals surface area contributed by atoms with Crippen molar-refractivity contribution in [3.8, 4) is 0 Å². The molecule has 2 aromatic rings. The molecule has 1 aliphatic rings. The van der Waals surface area contributed by atoms with E-state index in [0.717, 1.165) is 6.07 Å². The highest BCUT2D eigenvalue weighted by molar-refractivity contribution is 6.33. The van der Waals surface area contributed by atoms with Crippen LogP contribution in [0.2, 0.25) is 5.02 Å². The van der Waals surface area contributed by atoms with Gasteiger partial charge in [-0.05, 0) is 25.1 Å². The molecule has 2 aromatic carbocycles. The molecule has 1 aliphatic heterocycles. The summed E-state index contributed by atoms with van der Waals surface area (Å²) in [6, 6.07) is 12.6. The molecular formula is C19H18ClFN4O. The van der Waals surface area contributed by atoms with Crippen molar-refractivity contribution in [2.24, 2.45) is 0 Å². The lowest BCUT2D eigenvalue weighted by atomic mass is 10.1. The Hall–Kier alpha value is -2.73. The summed E-state index contributed by atoms with van der Waals surface area (Å²) in [5, 5.41) is 16.7. The van der Waals surface area contributed by atoms with Crippen LogP contribution in [0.15, 0.2) is 48.5 Å². The third-order valence-corrected chi connectivity index (χ3v) is 4.68. The molecule has 134 valence electrons. The second kappa shape index (κ2) is 7.25. The molecule has 0 aliphatic carbocycles. The minimum atomic E-state index is -0.506. The number of nitrogens with one attached hydrogen (secondary N) is 2. The third-order valence-electron chi connectivity index (χ3n) is 4.36. The van der Waals surface area contributed by atoms with E-state index >= 15 is 0 Å². The minimum absolute atomic E-state index is 0.0492. The van der Waals surface area contributed by atoms with Crippen LogP contribution in [0.25, 0.3) is 0 Å². The number of carbonyl (C=O) groups excluding carboxylic acids is 1. The van der Waals surface area contributed by atoms with Crippen LogP contribution < -0.4 is 0 Å². The van der Waals surface area contributed by atoms with Gasteiger partial charge in [0.2, 0.25) is 0 Å². The van der Waals surface area contributed by atoms with Crippen molar-refractivity contribution < 1.29 is 9.18 Å². The summed E-state index contributed by atoms with van der Waals surface area (Å²) in [6.07, 6.45) is 0. The number of piperazine rings is 1. The van der Waals surface area contributed by atoms with E-state index in [9.17, 15) is 9.18 Å². The average molecular weight is 373 g/mol. The summed E-state index contributed by atoms with van der Waals surface area (Å²) in [5.41, 5.74) is 0.921. The zero-order chi connectivity index (χ0) is 18.8. The molecule has 1 amide bonds. The zero-order valence-corrected chi connectivity index (χ0v) is 14.9. The second-order valence-electron chi connectivity index (χ2n) is 6.18. The third kappa shape index (κ3) is 3.46. The van der Waals surface area contributed by atoms with Gasteiger partial charge in [-0.1, -0.05) is 41.9 Å². The largest absolute Gasteiger partial charge is 0.327 e. The molecule has 1 unspecified atom stereocenters. The lowest BCUT2D eigenvalue weighted by molar-refractivity contribution is 0.0683. The van der Waals surface area contributed by atoms with E-state index in [1.807, 2.05) is 37.3 Å². The summed E-state index contributed by atoms with van der Waals surface area (Å²) in [5.74, 6) is -0.468. The molecule has 0 saturated carbocycles. The van der Waals surface area contributed by atoms with E-state index in [1.165, 1.54) is 17.0 Å². The van der Waals surface area contributed by atoms with Gasteiger partial charge in [-0.2, -0.15) is 0 Å². The van der Waals surface area contributed by atoms with Gasteiger partial charge >= 0.3 is 0 Å². The van der Waals surface area contributed by atoms with E-state index in [4.69, 9.17) is 22.4 Å². The van der Waals surface area contributed by atoms with Crippen molar-refractivity contribution in [2.45, 2.75) is 13.0 Å². The Morgan fingerprint density at radius 2 is 1.92 bits per heavy atom. The van der Waals surface area contributed by atoms with Crippen LogP contribution in [0, 0.1) is 16.6 Å². The maximum atomic E-state index is 13.2. The fourth-order valence-electron chi connectivity index (χ4n) is 2.94. The SMILES string of the molecule is CC1CN(C(=N)c2ccccc2)C(=N)CN1C(=O)c1ccc(F)cc1Cl. The average Bonchev–Trinajstić information content (AvgIpc) is 2.63. The summed E-state index contributed by atoms with van der Waals surface area (Å²) < 4.78 is 13.2. The summed E-state index contributed by atoms with van der Waals surface area (Å²) >= 11 is 6.00. The van der Waals surface area contributed by atoms with Crippen molar-refractivity contribution in [3.05, 3.63) is 70.5 Å². The molecule has 1 fully saturated rings. The van der Waals surface area contributed by atoms with E-state index in [2.05, 4.69) is 0 Å². The van der Waals surface area contributed by atoms with Crippen LogP contribution in [0.4, 0.5) is 4.39 Å². The maximum Gasteiger partial charge on any atom is 0.256 e. The maximum absolute atomic E-state index is 13.2. The molecule has 0 radical (unpaired) electrons. The molecule has 0 bridgehead atoms. The number of amidine groups is 2. The first-order valence-corrected chi connectivity index (χ1v) is 8.51. The highest BCUT2D eigenvalue weighted by Gasteiger charge is 2.33. The van der Waals surface area contributed by atoms with Crippen molar-refractivity contribution in [2.75, 3.05) is 13.1 Å². The van der Waals surface area contributed by atoms with Crippen molar-refractivity contribution >= 4 is 29.2 Å². The molecule has 0 aromatic heterocycles. The topological polar surface area (TPSA) is 71.2 Å². The van der Waals surface area contributed by atoms with Gasteiger partial charge in [0.05, 0.1) is 17.1 Å². The Balaban J connectivity index is 1.79. The van der Waals surface area contributed by atoms with E-state index in [1.54, 1.807) is 4.90 Å². The smallest absolute Gasteiger partial charge is 0.256 e. The Kier molecular flexibility index (Phi) is 5.04. The molecule has 3 rings (SSSR count). The number of hydrogen-bond acceptors (Lipinski definition) is 3. The number of amides is 1. The van der Waals surface area contributed by atoms with Gasteiger partial charge in [0.1, 0.15) is 17.5 Å². The monoisotopic (exact) mass is 372 g/mol. The van der Waals surface area contributed by atoms with Crippen LogP contribution in [-0.2, 0) is 0 Å². The molecule has 0 spiro atoms. The van der Waals surface area contributed by atoms with Gasteiger partial charge in [-0.15, -0.1) is 0 Å². The van der Waals surface area contributed by atoms with Crippen LogP contribution in [0.5, 0.6) is 0 Å². The predicted molar refractivity (Wildman–Crippen MR) is 99.6 cm³/mol. The lowest BCUT2D eigenvalue weighted by Crippen LogP contribution is -2.58. The quantitative estimate of drug-likeness (QED) is 0.624.